The third kappa shape index (κ3) is 1.92. The summed E-state index contributed by atoms with van der Waals surface area (Å²) in [5.41, 5.74) is 0. The van der Waals surface area contributed by atoms with Gasteiger partial charge in [-0.1, -0.05) is 0 Å². The van der Waals surface area contributed by atoms with E-state index in [9.17, 15) is 12.3 Å². The van der Waals surface area contributed by atoms with Crippen LogP contribution in [0.15, 0.2) is 17.3 Å². The first-order valence-corrected chi connectivity index (χ1v) is 4.89. The van der Waals surface area contributed by atoms with Crippen molar-refractivity contribution in [1.82, 2.24) is 4.98 Å². The number of rotatable bonds is 3. The molecule has 1 aromatic rings. The number of aromatic nitrogens is 1. The summed E-state index contributed by atoms with van der Waals surface area (Å²) in [6, 6.07) is 0. The molecule has 0 unspecified atom stereocenters. The van der Waals surface area contributed by atoms with E-state index in [-0.39, 0.29) is 11.5 Å². The maximum Gasteiger partial charge on any atom is 0.339 e. The van der Waals surface area contributed by atoms with E-state index >= 15 is 0 Å². The Kier molecular flexibility index (Phi) is 2.90. The topological polar surface area (TPSA) is 65.5 Å². The lowest BCUT2D eigenvalue weighted by Crippen LogP contribution is -2.01. The summed E-state index contributed by atoms with van der Waals surface area (Å²) in [5, 5.41) is 0. The molecule has 0 aliphatic heterocycles. The van der Waals surface area contributed by atoms with Crippen molar-refractivity contribution in [2.75, 3.05) is 14.2 Å². The lowest BCUT2D eigenvalue weighted by molar-refractivity contribution is 0.368. The third-order valence-corrected chi connectivity index (χ3v) is 2.40. The number of nitrogens with zero attached hydrogens (tertiary/aromatic N) is 1. The Hall–Kier alpha value is -1.37. The molecule has 0 saturated carbocycles. The number of methoxy groups -OCH3 is 2. The average Bonchev–Trinajstić information content (AvgIpc) is 2.15. The normalized spacial score (nSPS) is 11.1. The average molecular weight is 221 g/mol. The van der Waals surface area contributed by atoms with E-state index in [1.165, 1.54) is 14.2 Å². The van der Waals surface area contributed by atoms with Crippen molar-refractivity contribution in [3.05, 3.63) is 12.4 Å². The highest BCUT2D eigenvalue weighted by Crippen LogP contribution is 2.32. The first-order valence-electron chi connectivity index (χ1n) is 3.51. The Morgan fingerprint density at radius 2 is 1.64 bits per heavy atom. The highest BCUT2D eigenvalue weighted by molar-refractivity contribution is 7.86. The van der Waals surface area contributed by atoms with Gasteiger partial charge in [-0.15, -0.1) is 3.89 Å². The Bertz CT molecular complexity index is 409. The SMILES string of the molecule is COc1cncc(OC)c1S(=O)(=O)F. The molecule has 0 amide bonds. The molecule has 1 heterocycles. The molecule has 78 valence electrons. The summed E-state index contributed by atoms with van der Waals surface area (Å²) in [7, 11) is -2.45. The summed E-state index contributed by atoms with van der Waals surface area (Å²) in [6.45, 7) is 0. The van der Waals surface area contributed by atoms with E-state index in [1.807, 2.05) is 0 Å². The molecule has 1 rings (SSSR count). The molecule has 0 N–H and O–H groups in total. The zero-order chi connectivity index (χ0) is 10.8. The standard InChI is InChI=1S/C7H8FNO4S/c1-12-5-3-9-4-6(13-2)7(5)14(8,10)11/h3-4H,1-2H3. The van der Waals surface area contributed by atoms with Gasteiger partial charge in [0.2, 0.25) is 0 Å². The molecule has 0 aliphatic rings. The van der Waals surface area contributed by atoms with Crippen molar-refractivity contribution in [3.63, 3.8) is 0 Å². The van der Waals surface area contributed by atoms with Crippen molar-refractivity contribution in [2.24, 2.45) is 0 Å². The van der Waals surface area contributed by atoms with Crippen molar-refractivity contribution in [3.8, 4) is 11.5 Å². The fourth-order valence-corrected chi connectivity index (χ4v) is 1.70. The molecule has 14 heavy (non-hydrogen) atoms. The molecule has 7 heteroatoms. The minimum Gasteiger partial charge on any atom is -0.494 e. The molecule has 0 aliphatic carbocycles. The molecular weight excluding hydrogens is 213 g/mol. The maximum absolute atomic E-state index is 12.8. The van der Waals surface area contributed by atoms with Crippen LogP contribution in [0.3, 0.4) is 0 Å². The first-order chi connectivity index (χ1) is 6.50. The molecule has 0 fully saturated rings. The number of hydrogen-bond acceptors (Lipinski definition) is 5. The van der Waals surface area contributed by atoms with Crippen LogP contribution in [-0.2, 0) is 10.2 Å². The summed E-state index contributed by atoms with van der Waals surface area (Å²) < 4.78 is 43.6. The minimum atomic E-state index is -4.88. The number of hydrogen-bond donors (Lipinski definition) is 0. The van der Waals surface area contributed by atoms with E-state index in [2.05, 4.69) is 14.5 Å². The maximum atomic E-state index is 12.8. The van der Waals surface area contributed by atoms with Crippen molar-refractivity contribution >= 4 is 10.2 Å². The van der Waals surface area contributed by atoms with Crippen LogP contribution < -0.4 is 9.47 Å². The smallest absolute Gasteiger partial charge is 0.339 e. The molecule has 5 nitrogen and oxygen atoms in total. The van der Waals surface area contributed by atoms with Gasteiger partial charge in [-0.05, 0) is 0 Å². The van der Waals surface area contributed by atoms with E-state index in [1.54, 1.807) is 0 Å². The first kappa shape index (κ1) is 10.7. The lowest BCUT2D eigenvalue weighted by atomic mass is 10.4. The van der Waals surface area contributed by atoms with Gasteiger partial charge in [-0.25, -0.2) is 0 Å². The van der Waals surface area contributed by atoms with Gasteiger partial charge in [0.15, 0.2) is 16.4 Å². The third-order valence-electron chi connectivity index (χ3n) is 1.51. The van der Waals surface area contributed by atoms with Gasteiger partial charge < -0.3 is 9.47 Å². The van der Waals surface area contributed by atoms with Gasteiger partial charge in [0.05, 0.1) is 26.6 Å². The highest BCUT2D eigenvalue weighted by Gasteiger charge is 2.24. The van der Waals surface area contributed by atoms with E-state index < -0.39 is 15.1 Å². The monoisotopic (exact) mass is 221 g/mol. The van der Waals surface area contributed by atoms with Crippen molar-refractivity contribution in [1.29, 1.82) is 0 Å². The summed E-state index contributed by atoms with van der Waals surface area (Å²) in [4.78, 5) is 2.98. The quantitative estimate of drug-likeness (QED) is 0.705. The molecule has 0 saturated heterocycles. The van der Waals surface area contributed by atoms with Crippen LogP contribution in [0.4, 0.5) is 3.89 Å². The van der Waals surface area contributed by atoms with E-state index in [0.717, 1.165) is 12.4 Å². The Morgan fingerprint density at radius 3 is 1.93 bits per heavy atom. The van der Waals surface area contributed by atoms with Crippen molar-refractivity contribution < 1.29 is 21.8 Å². The Labute approximate surface area is 80.7 Å². The molecular formula is C7H8FNO4S. The molecule has 0 atom stereocenters. The number of pyridine rings is 1. The summed E-state index contributed by atoms with van der Waals surface area (Å²) >= 11 is 0. The molecule has 0 aromatic carbocycles. The second kappa shape index (κ2) is 3.79. The molecule has 0 spiro atoms. The van der Waals surface area contributed by atoms with Crippen LogP contribution in [0.2, 0.25) is 0 Å². The fraction of sp³-hybridized carbons (Fsp3) is 0.286. The van der Waals surface area contributed by atoms with Gasteiger partial charge in [-0.3, -0.25) is 4.98 Å². The zero-order valence-corrected chi connectivity index (χ0v) is 8.34. The molecule has 1 aromatic heterocycles. The van der Waals surface area contributed by atoms with Crippen LogP contribution >= 0.6 is 0 Å². The molecule has 0 radical (unpaired) electrons. The Balaban J connectivity index is 3.50. The zero-order valence-electron chi connectivity index (χ0n) is 7.52. The van der Waals surface area contributed by atoms with Crippen LogP contribution in [0.1, 0.15) is 0 Å². The predicted molar refractivity (Wildman–Crippen MR) is 45.6 cm³/mol. The highest BCUT2D eigenvalue weighted by atomic mass is 32.3. The summed E-state index contributed by atoms with van der Waals surface area (Å²) in [5.74, 6) is -0.376. The van der Waals surface area contributed by atoms with Gasteiger partial charge in [0.1, 0.15) is 0 Å². The minimum absolute atomic E-state index is 0.188. The van der Waals surface area contributed by atoms with Crippen LogP contribution in [0.5, 0.6) is 11.5 Å². The number of ether oxygens (including phenoxy) is 2. The molecule has 0 bridgehead atoms. The van der Waals surface area contributed by atoms with Gasteiger partial charge in [0, 0.05) is 0 Å². The summed E-state index contributed by atoms with van der Waals surface area (Å²) in [6.07, 6.45) is 2.18. The van der Waals surface area contributed by atoms with Gasteiger partial charge in [0.25, 0.3) is 0 Å². The number of halogens is 1. The van der Waals surface area contributed by atoms with Crippen LogP contribution in [-0.4, -0.2) is 27.6 Å². The predicted octanol–water partition coefficient (Wildman–Crippen LogP) is 0.757. The van der Waals surface area contributed by atoms with E-state index in [4.69, 9.17) is 0 Å². The Morgan fingerprint density at radius 1 is 1.21 bits per heavy atom. The van der Waals surface area contributed by atoms with Crippen molar-refractivity contribution in [2.45, 2.75) is 4.90 Å². The van der Waals surface area contributed by atoms with Gasteiger partial charge >= 0.3 is 10.2 Å². The van der Waals surface area contributed by atoms with Gasteiger partial charge in [-0.2, -0.15) is 8.42 Å². The second-order valence-electron chi connectivity index (χ2n) is 2.31. The van der Waals surface area contributed by atoms with E-state index in [0.29, 0.717) is 0 Å². The largest absolute Gasteiger partial charge is 0.494 e. The second-order valence-corrected chi connectivity index (χ2v) is 3.59. The van der Waals surface area contributed by atoms with Crippen LogP contribution in [0, 0.1) is 0 Å². The fourth-order valence-electron chi connectivity index (χ4n) is 0.942. The lowest BCUT2D eigenvalue weighted by Gasteiger charge is -2.07. The van der Waals surface area contributed by atoms with Crippen LogP contribution in [0.25, 0.3) is 0 Å².